The van der Waals surface area contributed by atoms with Crippen LogP contribution < -0.4 is 10.1 Å². The van der Waals surface area contributed by atoms with Gasteiger partial charge >= 0.3 is 0 Å². The van der Waals surface area contributed by atoms with Crippen LogP contribution in [0.25, 0.3) is 11.3 Å². The van der Waals surface area contributed by atoms with Crippen molar-refractivity contribution in [2.24, 2.45) is 0 Å². The van der Waals surface area contributed by atoms with E-state index in [9.17, 15) is 9.59 Å². The summed E-state index contributed by atoms with van der Waals surface area (Å²) >= 11 is 0. The molecule has 0 spiro atoms. The third-order valence-electron chi connectivity index (χ3n) is 7.61. The van der Waals surface area contributed by atoms with Crippen molar-refractivity contribution in [3.05, 3.63) is 78.0 Å². The maximum absolute atomic E-state index is 13.9. The van der Waals surface area contributed by atoms with E-state index in [1.807, 2.05) is 85.1 Å². The number of nitrogens with zero attached hydrogens (tertiary/aromatic N) is 2. The van der Waals surface area contributed by atoms with Crippen LogP contribution in [-0.2, 0) is 17.8 Å². The van der Waals surface area contributed by atoms with Crippen molar-refractivity contribution >= 4 is 11.8 Å². The van der Waals surface area contributed by atoms with E-state index < -0.39 is 5.54 Å². The molecule has 1 N–H and O–H groups in total. The lowest BCUT2D eigenvalue weighted by molar-refractivity contribution is -0.133. The highest BCUT2D eigenvalue weighted by atomic mass is 16.5. The van der Waals surface area contributed by atoms with Gasteiger partial charge in [-0.05, 0) is 68.5 Å². The molecule has 6 nitrogen and oxygen atoms in total. The fourth-order valence-corrected chi connectivity index (χ4v) is 5.55. The van der Waals surface area contributed by atoms with E-state index in [1.54, 1.807) is 4.90 Å². The van der Waals surface area contributed by atoms with Crippen LogP contribution in [0.4, 0.5) is 0 Å². The largest absolute Gasteiger partial charge is 0.494 e. The van der Waals surface area contributed by atoms with E-state index in [0.29, 0.717) is 31.8 Å². The first-order valence-corrected chi connectivity index (χ1v) is 13.1. The van der Waals surface area contributed by atoms with Crippen molar-refractivity contribution in [1.82, 2.24) is 14.8 Å². The first kappa shape index (κ1) is 24.2. The molecule has 188 valence electrons. The molecule has 0 bridgehead atoms. The summed E-state index contributed by atoms with van der Waals surface area (Å²) in [5.41, 5.74) is 2.76. The number of hydrogen-bond acceptors (Lipinski definition) is 3. The number of carbonyl (C=O) groups is 2. The zero-order valence-corrected chi connectivity index (χ0v) is 21.2. The maximum atomic E-state index is 13.9. The molecule has 6 heteroatoms. The molecular weight excluding hydrogens is 450 g/mol. The molecule has 1 aliphatic heterocycles. The van der Waals surface area contributed by atoms with E-state index in [0.717, 1.165) is 48.3 Å². The number of amides is 2. The van der Waals surface area contributed by atoms with E-state index in [1.165, 1.54) is 0 Å². The van der Waals surface area contributed by atoms with Gasteiger partial charge in [0.15, 0.2) is 0 Å². The van der Waals surface area contributed by atoms with Gasteiger partial charge < -0.3 is 19.5 Å². The fourth-order valence-electron chi connectivity index (χ4n) is 5.55. The Morgan fingerprint density at radius 2 is 1.69 bits per heavy atom. The van der Waals surface area contributed by atoms with Gasteiger partial charge in [0, 0.05) is 18.3 Å². The number of fused-ring (bicyclic) bond motifs is 1. The summed E-state index contributed by atoms with van der Waals surface area (Å²) in [6.45, 7) is 5.40. The van der Waals surface area contributed by atoms with Crippen LogP contribution in [0.3, 0.4) is 0 Å². The smallest absolute Gasteiger partial charge is 0.271 e. The molecule has 1 atom stereocenters. The SMILES string of the molecule is CCOc1ccc(CCN2C(=O)c3ccc(-c4ccccc4)n3C[C@@]2(C)C(=O)NC2CCCC2)cc1. The number of aromatic nitrogens is 1. The fraction of sp³-hybridized carbons (Fsp3) is 0.400. The maximum Gasteiger partial charge on any atom is 0.271 e. The molecule has 1 fully saturated rings. The van der Waals surface area contributed by atoms with E-state index in [-0.39, 0.29) is 17.9 Å². The molecule has 2 aromatic carbocycles. The molecule has 1 aromatic heterocycles. The monoisotopic (exact) mass is 485 g/mol. The normalized spacial score (nSPS) is 19.8. The predicted molar refractivity (Wildman–Crippen MR) is 141 cm³/mol. The Bertz CT molecular complexity index is 1210. The summed E-state index contributed by atoms with van der Waals surface area (Å²) in [6.07, 6.45) is 4.96. The molecule has 2 amide bonds. The summed E-state index contributed by atoms with van der Waals surface area (Å²) in [7, 11) is 0. The van der Waals surface area contributed by atoms with Gasteiger partial charge in [-0.2, -0.15) is 0 Å². The van der Waals surface area contributed by atoms with E-state index in [4.69, 9.17) is 4.74 Å². The Balaban J connectivity index is 1.45. The van der Waals surface area contributed by atoms with E-state index >= 15 is 0 Å². The second-order valence-corrected chi connectivity index (χ2v) is 10.1. The van der Waals surface area contributed by atoms with Crippen LogP contribution >= 0.6 is 0 Å². The Hall–Kier alpha value is -3.54. The third-order valence-corrected chi connectivity index (χ3v) is 7.61. The lowest BCUT2D eigenvalue weighted by Crippen LogP contribution is -2.65. The first-order chi connectivity index (χ1) is 17.5. The average molecular weight is 486 g/mol. The van der Waals surface area contributed by atoms with Gasteiger partial charge in [-0.15, -0.1) is 0 Å². The summed E-state index contributed by atoms with van der Waals surface area (Å²) in [4.78, 5) is 29.5. The lowest BCUT2D eigenvalue weighted by Gasteiger charge is -2.45. The van der Waals surface area contributed by atoms with Crippen molar-refractivity contribution in [2.45, 2.75) is 64.1 Å². The summed E-state index contributed by atoms with van der Waals surface area (Å²) < 4.78 is 7.58. The highest BCUT2D eigenvalue weighted by molar-refractivity contribution is 6.00. The number of ether oxygens (including phenoxy) is 1. The summed E-state index contributed by atoms with van der Waals surface area (Å²) in [5.74, 6) is 0.675. The number of rotatable bonds is 8. The van der Waals surface area contributed by atoms with Crippen molar-refractivity contribution in [3.8, 4) is 17.0 Å². The summed E-state index contributed by atoms with van der Waals surface area (Å²) in [5, 5.41) is 3.28. The van der Waals surface area contributed by atoms with Gasteiger partial charge in [-0.1, -0.05) is 55.3 Å². The third kappa shape index (κ3) is 4.64. The molecule has 3 aromatic rings. The molecule has 36 heavy (non-hydrogen) atoms. The van der Waals surface area contributed by atoms with Gasteiger partial charge in [0.1, 0.15) is 17.0 Å². The molecule has 0 unspecified atom stereocenters. The molecule has 0 radical (unpaired) electrons. The molecule has 2 heterocycles. The van der Waals surface area contributed by atoms with Crippen LogP contribution in [0.15, 0.2) is 66.7 Å². The molecule has 5 rings (SSSR count). The van der Waals surface area contributed by atoms with Crippen molar-refractivity contribution < 1.29 is 14.3 Å². The van der Waals surface area contributed by atoms with Crippen molar-refractivity contribution in [3.63, 3.8) is 0 Å². The standard InChI is InChI=1S/C30H35N3O3/c1-3-36-25-15-13-22(14-16-25)19-20-33-28(34)27-18-17-26(23-9-5-4-6-10-23)32(27)21-30(33,2)29(35)31-24-11-7-8-12-24/h4-6,9-10,13-18,24H,3,7-8,11-12,19-21H2,1-2H3,(H,31,35)/t30-/m0/s1. The number of nitrogens with one attached hydrogen (secondary N) is 1. The Morgan fingerprint density at radius 3 is 2.39 bits per heavy atom. The topological polar surface area (TPSA) is 63.6 Å². The van der Waals surface area contributed by atoms with Crippen molar-refractivity contribution in [2.75, 3.05) is 13.2 Å². The zero-order chi connectivity index (χ0) is 25.1. The second kappa shape index (κ2) is 10.2. The van der Waals surface area contributed by atoms with Crippen LogP contribution in [0, 0.1) is 0 Å². The second-order valence-electron chi connectivity index (χ2n) is 10.1. The minimum absolute atomic E-state index is 0.0622. The highest BCUT2D eigenvalue weighted by Gasteiger charge is 2.48. The molecule has 1 saturated carbocycles. The number of hydrogen-bond donors (Lipinski definition) is 1. The zero-order valence-electron chi connectivity index (χ0n) is 21.2. The lowest BCUT2D eigenvalue weighted by atomic mass is 9.93. The Kier molecular flexibility index (Phi) is 6.86. The Morgan fingerprint density at radius 1 is 1.00 bits per heavy atom. The highest BCUT2D eigenvalue weighted by Crippen LogP contribution is 2.34. The van der Waals surface area contributed by atoms with Gasteiger partial charge in [0.25, 0.3) is 5.91 Å². The molecule has 2 aliphatic rings. The molecule has 1 aliphatic carbocycles. The van der Waals surface area contributed by atoms with Crippen LogP contribution in [0.1, 0.15) is 55.6 Å². The predicted octanol–water partition coefficient (Wildman–Crippen LogP) is 5.07. The van der Waals surface area contributed by atoms with Crippen LogP contribution in [0.5, 0.6) is 5.75 Å². The number of benzene rings is 2. The van der Waals surface area contributed by atoms with E-state index in [2.05, 4.69) is 5.32 Å². The average Bonchev–Trinajstić information content (AvgIpc) is 3.55. The quantitative estimate of drug-likeness (QED) is 0.485. The van der Waals surface area contributed by atoms with Gasteiger partial charge in [-0.25, -0.2) is 0 Å². The van der Waals surface area contributed by atoms with Crippen LogP contribution in [-0.4, -0.2) is 46.0 Å². The number of carbonyl (C=O) groups excluding carboxylic acids is 2. The molecular formula is C30H35N3O3. The van der Waals surface area contributed by atoms with Gasteiger partial charge in [0.05, 0.1) is 13.2 Å². The summed E-state index contributed by atoms with van der Waals surface area (Å²) in [6, 6.07) is 22.1. The van der Waals surface area contributed by atoms with Crippen LogP contribution in [0.2, 0.25) is 0 Å². The minimum Gasteiger partial charge on any atom is -0.494 e. The minimum atomic E-state index is -0.986. The van der Waals surface area contributed by atoms with Gasteiger partial charge in [-0.3, -0.25) is 9.59 Å². The van der Waals surface area contributed by atoms with Crippen molar-refractivity contribution in [1.29, 1.82) is 0 Å². The Labute approximate surface area is 213 Å². The van der Waals surface area contributed by atoms with Gasteiger partial charge in [0.2, 0.25) is 5.91 Å². The first-order valence-electron chi connectivity index (χ1n) is 13.1. The molecule has 0 saturated heterocycles.